The summed E-state index contributed by atoms with van der Waals surface area (Å²) in [6.45, 7) is 9.41. The highest BCUT2D eigenvalue weighted by Gasteiger charge is 2.42. The molecule has 45 heteroatoms. The zero-order valence-corrected chi connectivity index (χ0v) is 63.3. The molecule has 110 heavy (non-hydrogen) atoms. The molecule has 35 N–H and O–H groups in total. The molecule has 45 nitrogen and oxygen atoms in total. The number of hydrogen-bond acceptors (Lipinski definition) is 22. The smallest absolute Gasteiger partial charge is 0.326 e. The Morgan fingerprint density at radius 2 is 0.818 bits per heavy atom. The van der Waals surface area contributed by atoms with Crippen molar-refractivity contribution in [2.45, 2.75) is 230 Å². The zero-order chi connectivity index (χ0) is 83.7. The number of nitrogens with zero attached hydrogens (tertiary/aromatic N) is 1. The highest BCUT2D eigenvalue weighted by Crippen LogP contribution is 2.22. The molecule has 0 unspecified atom stereocenters. The lowest BCUT2D eigenvalue weighted by Gasteiger charge is -2.32. The van der Waals surface area contributed by atoms with Crippen molar-refractivity contribution in [3.63, 3.8) is 0 Å². The summed E-state index contributed by atoms with van der Waals surface area (Å²) < 4.78 is 0. The van der Waals surface area contributed by atoms with Crippen LogP contribution in [0.25, 0.3) is 0 Å². The van der Waals surface area contributed by atoms with E-state index in [0.29, 0.717) is 0 Å². The first kappa shape index (κ1) is 97.0. The van der Waals surface area contributed by atoms with Crippen molar-refractivity contribution in [3.05, 3.63) is 0 Å². The fourth-order valence-corrected chi connectivity index (χ4v) is 11.1. The molecule has 1 aliphatic rings. The molecule has 1 fully saturated rings. The molecule has 0 radical (unpaired) electrons. The van der Waals surface area contributed by atoms with E-state index in [1.807, 2.05) is 13.8 Å². The molecule has 0 aliphatic carbocycles. The van der Waals surface area contributed by atoms with E-state index in [0.717, 1.165) is 4.90 Å². The molecule has 0 aromatic rings. The van der Waals surface area contributed by atoms with E-state index < -0.39 is 230 Å². The Labute approximate surface area is 636 Å². The van der Waals surface area contributed by atoms with Gasteiger partial charge in [-0.2, -0.15) is 0 Å². The van der Waals surface area contributed by atoms with Gasteiger partial charge in [0.25, 0.3) is 0 Å². The number of aliphatic hydroxyl groups excluding tert-OH is 2. The van der Waals surface area contributed by atoms with Crippen molar-refractivity contribution in [2.75, 3.05) is 45.9 Å². The maximum absolute atomic E-state index is 14.4. The first-order chi connectivity index (χ1) is 51.5. The van der Waals surface area contributed by atoms with Crippen molar-refractivity contribution < 1.29 is 92.3 Å². The van der Waals surface area contributed by atoms with Crippen LogP contribution < -0.4 is 114 Å². The number of likely N-dealkylation sites (tertiary alicyclic amines) is 1. The Balaban J connectivity index is 3.56. The predicted octanol–water partition coefficient (Wildman–Crippen LogP) is -9.34. The molecular formula is C65H118N26O19. The van der Waals surface area contributed by atoms with Crippen LogP contribution in [0, 0.1) is 39.4 Å². The van der Waals surface area contributed by atoms with Crippen molar-refractivity contribution in [1.29, 1.82) is 21.6 Å². The summed E-state index contributed by atoms with van der Waals surface area (Å²) in [5, 5.41) is 107. The fraction of sp³-hybridized carbons (Fsp3) is 0.708. The van der Waals surface area contributed by atoms with Crippen LogP contribution in [0.15, 0.2) is 0 Å². The third kappa shape index (κ3) is 38.7. The summed E-state index contributed by atoms with van der Waals surface area (Å²) in [5.41, 5.74) is 33.1. The number of carbonyl (C=O) groups excluding carboxylic acids is 13. The molecule has 0 spiro atoms. The summed E-state index contributed by atoms with van der Waals surface area (Å²) in [7, 11) is 0. The van der Waals surface area contributed by atoms with Crippen molar-refractivity contribution in [1.82, 2.24) is 84.7 Å². The standard InChI is InChI=1S/C65H118N26O19/c1-31(2)27-35(66)50(98)90-49(34(7)93)59(107)89-48(33(5)6)60(108)91-26-12-17-44(91)58(106)88-43(30-92)57(105)86-40(19-21-47(96)97)55(103)82-36(13-8-22-76-62(68)69)51(99)80-29-46(95)81-42(28-32(3)4)56(104)85-39(18-20-45(67)94)54(102)84-37(14-9-23-77-63(70)71)52(100)83-38(15-10-24-78-64(72)73)53(101)87-41(61(109)110)16-11-25-79-65(74)75/h31-44,48-49,92-93H,8-30,66H2,1-7H3,(H2,67,94)(H,80,99)(H,81,95)(H,82,103)(H,83,100)(H,84,102)(H,85,104)(H,86,105)(H,87,101)(H,88,106)(H,89,107)(H,90,98)(H,96,97)(H,109,110)(H4,68,69,76)(H4,70,71,77)(H4,72,73,78)(H4,74,75,79)/t34-,35+,36+,37+,38+,39+,40+,41+,42+,43+,44+,48+,49+/m1/s1. The Morgan fingerprint density at radius 3 is 1.20 bits per heavy atom. The third-order valence-electron chi connectivity index (χ3n) is 16.8. The number of hydrogen-bond donors (Lipinski definition) is 29. The molecule has 0 saturated carbocycles. The van der Waals surface area contributed by atoms with Gasteiger partial charge in [0.1, 0.15) is 66.5 Å². The van der Waals surface area contributed by atoms with Crippen LogP contribution in [0.4, 0.5) is 0 Å². The highest BCUT2D eigenvalue weighted by molar-refractivity contribution is 6.00. The van der Waals surface area contributed by atoms with Crippen LogP contribution in [0.1, 0.15) is 151 Å². The lowest BCUT2D eigenvalue weighted by atomic mass is 10.00. The number of guanidine groups is 4. The van der Waals surface area contributed by atoms with Gasteiger partial charge in [-0.25, -0.2) is 4.79 Å². The number of nitrogens with one attached hydrogen (secondary N) is 19. The van der Waals surface area contributed by atoms with E-state index in [-0.39, 0.29) is 128 Å². The lowest BCUT2D eigenvalue weighted by molar-refractivity contribution is -0.144. The van der Waals surface area contributed by atoms with Gasteiger partial charge in [0.05, 0.1) is 25.3 Å². The number of aliphatic hydroxyl groups is 2. The maximum atomic E-state index is 14.4. The molecule has 0 bridgehead atoms. The van der Waals surface area contributed by atoms with Gasteiger partial charge in [-0.05, 0) is 115 Å². The van der Waals surface area contributed by atoms with Gasteiger partial charge in [0.15, 0.2) is 23.8 Å². The number of rotatable bonds is 53. The number of nitrogens with two attached hydrogens (primary N) is 6. The Morgan fingerprint density at radius 1 is 0.436 bits per heavy atom. The van der Waals surface area contributed by atoms with Gasteiger partial charge in [0, 0.05) is 45.6 Å². The number of primary amides is 1. The van der Waals surface area contributed by atoms with Crippen molar-refractivity contribution in [2.24, 2.45) is 52.2 Å². The minimum atomic E-state index is -1.86. The largest absolute Gasteiger partial charge is 0.481 e. The monoisotopic (exact) mass is 1570 g/mol. The van der Waals surface area contributed by atoms with E-state index in [1.54, 1.807) is 27.7 Å². The van der Waals surface area contributed by atoms with Gasteiger partial charge in [0.2, 0.25) is 76.8 Å². The fourth-order valence-electron chi connectivity index (χ4n) is 11.1. The average Bonchev–Trinajstić information content (AvgIpc) is 1.61. The Hall–Kier alpha value is -11.0. The Kier molecular flexibility index (Phi) is 44.6. The summed E-state index contributed by atoms with van der Waals surface area (Å²) in [4.78, 5) is 205. The molecular weight excluding hydrogens is 1450 g/mol. The summed E-state index contributed by atoms with van der Waals surface area (Å²) in [5.74, 6) is -18.5. The van der Waals surface area contributed by atoms with Crippen molar-refractivity contribution >= 4 is 113 Å². The number of carboxylic acids is 2. The van der Waals surface area contributed by atoms with Crippen LogP contribution in [0.3, 0.4) is 0 Å². The zero-order valence-electron chi connectivity index (χ0n) is 63.3. The second-order valence-corrected chi connectivity index (χ2v) is 27.7. The maximum Gasteiger partial charge on any atom is 0.326 e. The molecule has 0 aromatic carbocycles. The van der Waals surface area contributed by atoms with Crippen LogP contribution >= 0.6 is 0 Å². The van der Waals surface area contributed by atoms with Crippen LogP contribution in [0.2, 0.25) is 0 Å². The highest BCUT2D eigenvalue weighted by atomic mass is 16.4. The number of aliphatic carboxylic acids is 2. The summed E-state index contributed by atoms with van der Waals surface area (Å²) in [6, 6.07) is -18.2. The topological polar surface area (TPSA) is 772 Å². The molecule has 1 aliphatic heterocycles. The van der Waals surface area contributed by atoms with Gasteiger partial charge in [-0.1, -0.05) is 41.5 Å². The molecule has 13 atom stereocenters. The van der Waals surface area contributed by atoms with E-state index >= 15 is 0 Å². The van der Waals surface area contributed by atoms with Gasteiger partial charge in [-0.15, -0.1) is 0 Å². The minimum absolute atomic E-state index is 0.0133. The van der Waals surface area contributed by atoms with E-state index in [9.17, 15) is 92.3 Å². The normalized spacial score (nSPS) is 15.7. The number of amides is 13. The average molecular weight is 1570 g/mol. The lowest BCUT2D eigenvalue weighted by Crippen LogP contribution is -2.62. The molecule has 13 amide bonds. The minimum Gasteiger partial charge on any atom is -0.481 e. The van der Waals surface area contributed by atoms with Gasteiger partial charge in [-0.3, -0.25) is 88.8 Å². The molecule has 1 rings (SSSR count). The second-order valence-electron chi connectivity index (χ2n) is 27.7. The quantitative estimate of drug-likeness (QED) is 0.0153. The molecule has 0 aromatic heterocycles. The third-order valence-corrected chi connectivity index (χ3v) is 16.8. The second kappa shape index (κ2) is 50.6. The van der Waals surface area contributed by atoms with Gasteiger partial charge < -0.3 is 139 Å². The van der Waals surface area contributed by atoms with E-state index in [2.05, 4.69) is 79.8 Å². The Bertz CT molecular complexity index is 3180. The van der Waals surface area contributed by atoms with E-state index in [1.165, 1.54) is 6.92 Å². The first-order valence-corrected chi connectivity index (χ1v) is 36.2. The number of carbonyl (C=O) groups is 15. The predicted molar refractivity (Wildman–Crippen MR) is 397 cm³/mol. The van der Waals surface area contributed by atoms with Crippen LogP contribution in [-0.4, -0.2) is 262 Å². The summed E-state index contributed by atoms with van der Waals surface area (Å²) in [6.07, 6.45) is -4.12. The SMILES string of the molecule is CC(C)C[C@H](NC(=O)CNC(=O)[C@H](CCCNC(=N)N)NC(=O)[C@H](CCC(=O)O)NC(=O)[C@H](CO)NC(=O)[C@@H]1CCCN1C(=O)[C@@H](NC(=O)[C@@H](NC(=O)[C@@H](N)CC(C)C)[C@@H](C)O)C(C)C)C(=O)N[C@@H](CCC(N)=O)C(=O)N[C@@H](CCCNC(=N)N)C(=O)N[C@@H](CCCNC(=N)N)C(=O)N[C@@H](CCCNC(=N)N)C(=O)O. The van der Waals surface area contributed by atoms with Crippen LogP contribution in [0.5, 0.6) is 0 Å². The van der Waals surface area contributed by atoms with Crippen molar-refractivity contribution in [3.8, 4) is 0 Å². The summed E-state index contributed by atoms with van der Waals surface area (Å²) >= 11 is 0. The first-order valence-electron chi connectivity index (χ1n) is 36.2. The molecule has 1 heterocycles. The molecule has 1 saturated heterocycles. The number of carboxylic acid groups (broad SMARTS) is 2. The van der Waals surface area contributed by atoms with Crippen LogP contribution in [-0.2, 0) is 71.9 Å². The molecule has 622 valence electrons. The van der Waals surface area contributed by atoms with E-state index in [4.69, 9.17) is 56.0 Å². The van der Waals surface area contributed by atoms with Gasteiger partial charge >= 0.3 is 11.9 Å².